The molecule has 0 spiro atoms. The van der Waals surface area contributed by atoms with Gasteiger partial charge in [0.05, 0.1) is 12.6 Å². The highest BCUT2D eigenvalue weighted by molar-refractivity contribution is 6.27. The van der Waals surface area contributed by atoms with Crippen LogP contribution in [0.25, 0.3) is 11.1 Å². The molecule has 2 unspecified atom stereocenters. The number of rotatable bonds is 6. The van der Waals surface area contributed by atoms with Crippen LogP contribution in [0.3, 0.4) is 0 Å². The van der Waals surface area contributed by atoms with Gasteiger partial charge in [0.1, 0.15) is 6.10 Å². The smallest absolute Gasteiger partial charge is 0.414 e. The maximum atomic E-state index is 12.6. The summed E-state index contributed by atoms with van der Waals surface area (Å²) in [6.07, 6.45) is 1.53. The van der Waals surface area contributed by atoms with Crippen molar-refractivity contribution in [3.8, 4) is 11.1 Å². The first-order valence-corrected chi connectivity index (χ1v) is 12.3. The molecule has 2 aliphatic rings. The Labute approximate surface area is 215 Å². The van der Waals surface area contributed by atoms with Gasteiger partial charge >= 0.3 is 11.9 Å². The van der Waals surface area contributed by atoms with Crippen molar-refractivity contribution in [3.63, 3.8) is 0 Å². The van der Waals surface area contributed by atoms with Crippen molar-refractivity contribution in [3.05, 3.63) is 60.2 Å². The van der Waals surface area contributed by atoms with Crippen molar-refractivity contribution in [1.29, 1.82) is 0 Å². The van der Waals surface area contributed by atoms with Crippen LogP contribution in [0.5, 0.6) is 0 Å². The molecule has 2 saturated heterocycles. The minimum Gasteiger partial charge on any atom is -0.473 e. The van der Waals surface area contributed by atoms with Gasteiger partial charge in [-0.15, -0.1) is 0 Å². The minimum absolute atomic E-state index is 0.0125. The van der Waals surface area contributed by atoms with Crippen molar-refractivity contribution in [2.45, 2.75) is 31.9 Å². The second kappa shape index (κ2) is 13.5. The average Bonchev–Trinajstić information content (AvgIpc) is 3.45. The summed E-state index contributed by atoms with van der Waals surface area (Å²) in [6.45, 7) is 5.79. The Kier molecular flexibility index (Phi) is 10.2. The number of carbonyl (C=O) groups excluding carboxylic acids is 2. The van der Waals surface area contributed by atoms with E-state index in [4.69, 9.17) is 24.5 Å². The van der Waals surface area contributed by atoms with Crippen molar-refractivity contribution < 1.29 is 34.1 Å². The molecular formula is C27H33N3O7. The molecule has 10 nitrogen and oxygen atoms in total. The fourth-order valence-electron chi connectivity index (χ4n) is 4.27. The quantitative estimate of drug-likeness (QED) is 0.501. The highest BCUT2D eigenvalue weighted by Crippen LogP contribution is 2.22. The summed E-state index contributed by atoms with van der Waals surface area (Å²) in [6, 6.07) is 18.5. The molecule has 2 aliphatic heterocycles. The van der Waals surface area contributed by atoms with E-state index in [1.165, 1.54) is 11.1 Å². The van der Waals surface area contributed by atoms with E-state index in [0.29, 0.717) is 39.3 Å². The number of aliphatic carboxylic acids is 2. The molecule has 2 atom stereocenters. The number of nitrogens with zero attached hydrogens (tertiary/aromatic N) is 2. The van der Waals surface area contributed by atoms with E-state index >= 15 is 0 Å². The largest absolute Gasteiger partial charge is 0.473 e. The second-order valence-electron chi connectivity index (χ2n) is 8.99. The van der Waals surface area contributed by atoms with Gasteiger partial charge in [-0.05, 0) is 36.5 Å². The van der Waals surface area contributed by atoms with Crippen LogP contribution in [0.4, 0.5) is 0 Å². The zero-order chi connectivity index (χ0) is 26.8. The van der Waals surface area contributed by atoms with Gasteiger partial charge in [0.15, 0.2) is 0 Å². The Morgan fingerprint density at radius 1 is 0.919 bits per heavy atom. The normalized spacial score (nSPS) is 18.3. The zero-order valence-corrected chi connectivity index (χ0v) is 20.8. The monoisotopic (exact) mass is 511 g/mol. The summed E-state index contributed by atoms with van der Waals surface area (Å²) in [7, 11) is 0. The predicted molar refractivity (Wildman–Crippen MR) is 136 cm³/mol. The Bertz CT molecular complexity index is 1050. The van der Waals surface area contributed by atoms with E-state index in [-0.39, 0.29) is 24.0 Å². The SMILES string of the molecule is CC(NC(=O)CN1CCN(C(=O)C2CCCO2)CC1)c1ccc(-c2ccccc2)cc1.O=C(O)C(=O)O. The first kappa shape index (κ1) is 27.8. The molecule has 0 aliphatic carbocycles. The highest BCUT2D eigenvalue weighted by Gasteiger charge is 2.30. The molecule has 2 heterocycles. The summed E-state index contributed by atoms with van der Waals surface area (Å²) in [5, 5.41) is 17.9. The molecule has 0 saturated carbocycles. The standard InChI is InChI=1S/C25H31N3O3.C2H2O4/c1-19(20-9-11-22(12-10-20)21-6-3-2-4-7-21)26-24(29)18-27-13-15-28(16-14-27)25(30)23-8-5-17-31-23;3-1(4)2(5)6/h2-4,6-7,9-12,19,23H,5,8,13-18H2,1H3,(H,26,29);(H,3,4)(H,5,6). The molecule has 2 fully saturated rings. The van der Waals surface area contributed by atoms with Gasteiger partial charge in [0, 0.05) is 32.8 Å². The van der Waals surface area contributed by atoms with Gasteiger partial charge in [-0.25, -0.2) is 9.59 Å². The Hall–Kier alpha value is -3.76. The number of benzene rings is 2. The molecule has 37 heavy (non-hydrogen) atoms. The molecule has 2 aromatic rings. The van der Waals surface area contributed by atoms with Gasteiger partial charge in [0.25, 0.3) is 5.91 Å². The number of carbonyl (C=O) groups is 4. The van der Waals surface area contributed by atoms with Crippen molar-refractivity contribution in [2.24, 2.45) is 0 Å². The van der Waals surface area contributed by atoms with Crippen LogP contribution in [-0.4, -0.2) is 89.2 Å². The van der Waals surface area contributed by atoms with Crippen LogP contribution in [0, 0.1) is 0 Å². The van der Waals surface area contributed by atoms with Gasteiger partial charge in [-0.2, -0.15) is 0 Å². The van der Waals surface area contributed by atoms with Gasteiger partial charge < -0.3 is 25.2 Å². The second-order valence-corrected chi connectivity index (χ2v) is 8.99. The molecule has 10 heteroatoms. The van der Waals surface area contributed by atoms with Crippen LogP contribution < -0.4 is 5.32 Å². The Morgan fingerprint density at radius 3 is 2.05 bits per heavy atom. The predicted octanol–water partition coefficient (Wildman–Crippen LogP) is 2.01. The topological polar surface area (TPSA) is 136 Å². The summed E-state index contributed by atoms with van der Waals surface area (Å²) in [5.41, 5.74) is 3.43. The number of ether oxygens (including phenoxy) is 1. The van der Waals surface area contributed by atoms with Gasteiger partial charge in [0.2, 0.25) is 5.91 Å². The van der Waals surface area contributed by atoms with E-state index in [1.807, 2.05) is 30.0 Å². The molecule has 4 rings (SSSR count). The lowest BCUT2D eigenvalue weighted by Crippen LogP contribution is -2.53. The first-order chi connectivity index (χ1) is 17.7. The summed E-state index contributed by atoms with van der Waals surface area (Å²) in [5.74, 6) is -3.53. The minimum atomic E-state index is -1.82. The molecule has 0 aromatic heterocycles. The number of nitrogens with one attached hydrogen (secondary N) is 1. The van der Waals surface area contributed by atoms with Crippen LogP contribution >= 0.6 is 0 Å². The number of hydrogen-bond acceptors (Lipinski definition) is 6. The summed E-state index contributed by atoms with van der Waals surface area (Å²) < 4.78 is 5.51. The number of carboxylic acids is 2. The summed E-state index contributed by atoms with van der Waals surface area (Å²) in [4.78, 5) is 47.2. The Balaban J connectivity index is 0.000000568. The third-order valence-corrected chi connectivity index (χ3v) is 6.33. The Morgan fingerprint density at radius 2 is 1.51 bits per heavy atom. The fraction of sp³-hybridized carbons (Fsp3) is 0.407. The molecule has 3 N–H and O–H groups in total. The van der Waals surface area contributed by atoms with Crippen LogP contribution in [-0.2, 0) is 23.9 Å². The molecule has 0 bridgehead atoms. The third-order valence-electron chi connectivity index (χ3n) is 6.33. The van der Waals surface area contributed by atoms with E-state index in [1.54, 1.807) is 0 Å². The number of hydrogen-bond donors (Lipinski definition) is 3. The lowest BCUT2D eigenvalue weighted by Gasteiger charge is -2.35. The maximum Gasteiger partial charge on any atom is 0.414 e. The summed E-state index contributed by atoms with van der Waals surface area (Å²) >= 11 is 0. The van der Waals surface area contributed by atoms with E-state index in [9.17, 15) is 9.59 Å². The van der Waals surface area contributed by atoms with Crippen molar-refractivity contribution in [1.82, 2.24) is 15.1 Å². The molecule has 2 aromatic carbocycles. The molecule has 198 valence electrons. The number of carboxylic acid groups (broad SMARTS) is 2. The maximum absolute atomic E-state index is 12.6. The molecule has 2 amide bonds. The van der Waals surface area contributed by atoms with Crippen molar-refractivity contribution >= 4 is 23.8 Å². The van der Waals surface area contributed by atoms with E-state index in [0.717, 1.165) is 18.4 Å². The number of amides is 2. The van der Waals surface area contributed by atoms with Crippen LogP contribution in [0.1, 0.15) is 31.4 Å². The molecule has 0 radical (unpaired) electrons. The number of piperazine rings is 1. The van der Waals surface area contributed by atoms with Gasteiger partial charge in [-0.1, -0.05) is 54.6 Å². The third kappa shape index (κ3) is 8.40. The highest BCUT2D eigenvalue weighted by atomic mass is 16.5. The lowest BCUT2D eigenvalue weighted by molar-refractivity contribution is -0.159. The van der Waals surface area contributed by atoms with E-state index in [2.05, 4.69) is 46.6 Å². The zero-order valence-electron chi connectivity index (χ0n) is 20.8. The lowest BCUT2D eigenvalue weighted by atomic mass is 10.0. The van der Waals surface area contributed by atoms with Crippen molar-refractivity contribution in [2.75, 3.05) is 39.3 Å². The van der Waals surface area contributed by atoms with Gasteiger partial charge in [-0.3, -0.25) is 14.5 Å². The van der Waals surface area contributed by atoms with Crippen LogP contribution in [0.2, 0.25) is 0 Å². The first-order valence-electron chi connectivity index (χ1n) is 12.3. The molecular weight excluding hydrogens is 478 g/mol. The average molecular weight is 512 g/mol. The fourth-order valence-corrected chi connectivity index (χ4v) is 4.27. The van der Waals surface area contributed by atoms with Crippen LogP contribution in [0.15, 0.2) is 54.6 Å². The van der Waals surface area contributed by atoms with E-state index < -0.39 is 11.9 Å².